The first-order valence-electron chi connectivity index (χ1n) is 4.85. The Hall–Kier alpha value is -1.33. The van der Waals surface area contributed by atoms with Crippen LogP contribution in [0.25, 0.3) is 0 Å². The molecule has 0 saturated heterocycles. The number of nitrogens with zero attached hydrogens (tertiary/aromatic N) is 1. The smallest absolute Gasteiger partial charge is 0.0991 e. The van der Waals surface area contributed by atoms with Crippen LogP contribution >= 0.6 is 0 Å². The van der Waals surface area contributed by atoms with Crippen molar-refractivity contribution in [2.75, 3.05) is 0 Å². The Balaban J connectivity index is 2.58. The molecule has 0 fully saturated rings. The maximum Gasteiger partial charge on any atom is 0.0991 e. The fraction of sp³-hybridized carbons (Fsp3) is 0.417. The van der Waals surface area contributed by atoms with Crippen LogP contribution in [0.5, 0.6) is 0 Å². The van der Waals surface area contributed by atoms with Crippen LogP contribution in [0.4, 0.5) is 0 Å². The Kier molecular flexibility index (Phi) is 1.87. The average Bonchev–Trinajstić information content (AvgIpc) is 2.38. The topological polar surface area (TPSA) is 49.8 Å². The van der Waals surface area contributed by atoms with E-state index in [0.717, 1.165) is 12.0 Å². The molecule has 0 bridgehead atoms. The van der Waals surface area contributed by atoms with Gasteiger partial charge in [0.2, 0.25) is 0 Å². The predicted molar refractivity (Wildman–Crippen MR) is 55.9 cm³/mol. The molecule has 14 heavy (non-hydrogen) atoms. The van der Waals surface area contributed by atoms with Crippen LogP contribution in [0.3, 0.4) is 0 Å². The number of fused-ring (bicyclic) bond motifs is 1. The summed E-state index contributed by atoms with van der Waals surface area (Å²) in [6.45, 7) is 4.29. The Morgan fingerprint density at radius 3 is 2.86 bits per heavy atom. The van der Waals surface area contributed by atoms with Gasteiger partial charge in [0.1, 0.15) is 0 Å². The van der Waals surface area contributed by atoms with Gasteiger partial charge in [0.15, 0.2) is 0 Å². The van der Waals surface area contributed by atoms with E-state index in [4.69, 9.17) is 11.0 Å². The lowest BCUT2D eigenvalue weighted by Gasteiger charge is -2.24. The van der Waals surface area contributed by atoms with Gasteiger partial charge in [0.05, 0.1) is 11.6 Å². The zero-order chi connectivity index (χ0) is 10.3. The maximum absolute atomic E-state index is 8.82. The highest BCUT2D eigenvalue weighted by atomic mass is 14.7. The van der Waals surface area contributed by atoms with Crippen molar-refractivity contribution in [3.8, 4) is 6.07 Å². The highest BCUT2D eigenvalue weighted by Gasteiger charge is 2.36. The van der Waals surface area contributed by atoms with Crippen LogP contribution < -0.4 is 5.73 Å². The fourth-order valence-electron chi connectivity index (χ4n) is 2.12. The minimum atomic E-state index is 0.00218. The number of benzene rings is 1. The van der Waals surface area contributed by atoms with Crippen LogP contribution in [0.1, 0.15) is 30.5 Å². The Morgan fingerprint density at radius 2 is 2.21 bits per heavy atom. The van der Waals surface area contributed by atoms with Gasteiger partial charge in [-0.25, -0.2) is 0 Å². The number of nitrogens with two attached hydrogens (primary N) is 1. The van der Waals surface area contributed by atoms with Crippen molar-refractivity contribution in [2.24, 2.45) is 5.73 Å². The third-order valence-corrected chi connectivity index (χ3v) is 3.30. The van der Waals surface area contributed by atoms with Gasteiger partial charge in [-0.3, -0.25) is 0 Å². The third kappa shape index (κ3) is 1.13. The van der Waals surface area contributed by atoms with Crippen LogP contribution in [-0.4, -0.2) is 6.04 Å². The standard InChI is InChI=1S/C12H14N2/c1-12(2)10-5-8(7-13)3-4-9(10)6-11(12)14/h3-5,11H,6,14H2,1-2H3. The fourth-order valence-corrected chi connectivity index (χ4v) is 2.12. The summed E-state index contributed by atoms with van der Waals surface area (Å²) in [4.78, 5) is 0. The molecular formula is C12H14N2. The summed E-state index contributed by atoms with van der Waals surface area (Å²) in [5.74, 6) is 0. The van der Waals surface area contributed by atoms with Gasteiger partial charge in [-0.1, -0.05) is 19.9 Å². The zero-order valence-electron chi connectivity index (χ0n) is 8.54. The first-order chi connectivity index (χ1) is 6.55. The molecule has 0 saturated carbocycles. The van der Waals surface area contributed by atoms with E-state index in [9.17, 15) is 0 Å². The molecule has 1 aliphatic carbocycles. The normalized spacial score (nSPS) is 22.9. The van der Waals surface area contributed by atoms with E-state index >= 15 is 0 Å². The summed E-state index contributed by atoms with van der Waals surface area (Å²) < 4.78 is 0. The Morgan fingerprint density at radius 1 is 1.50 bits per heavy atom. The molecule has 0 amide bonds. The average molecular weight is 186 g/mol. The van der Waals surface area contributed by atoms with E-state index in [1.165, 1.54) is 11.1 Å². The van der Waals surface area contributed by atoms with Crippen LogP contribution in [0.2, 0.25) is 0 Å². The lowest BCUT2D eigenvalue weighted by Crippen LogP contribution is -2.36. The summed E-state index contributed by atoms with van der Waals surface area (Å²) in [7, 11) is 0. The van der Waals surface area contributed by atoms with E-state index in [1.54, 1.807) is 0 Å². The molecule has 2 nitrogen and oxygen atoms in total. The summed E-state index contributed by atoms with van der Waals surface area (Å²) >= 11 is 0. The minimum absolute atomic E-state index is 0.00218. The van der Waals surface area contributed by atoms with Crippen molar-refractivity contribution in [1.29, 1.82) is 5.26 Å². The molecule has 0 aliphatic heterocycles. The molecule has 1 aromatic rings. The lowest BCUT2D eigenvalue weighted by atomic mass is 9.83. The molecule has 2 heteroatoms. The summed E-state index contributed by atoms with van der Waals surface area (Å²) in [5.41, 5.74) is 9.33. The Bertz CT molecular complexity index is 413. The second-order valence-corrected chi connectivity index (χ2v) is 4.52. The highest BCUT2D eigenvalue weighted by Crippen LogP contribution is 2.37. The van der Waals surface area contributed by atoms with E-state index in [-0.39, 0.29) is 11.5 Å². The molecule has 1 unspecified atom stereocenters. The molecule has 72 valence electrons. The van der Waals surface area contributed by atoms with E-state index < -0.39 is 0 Å². The summed E-state index contributed by atoms with van der Waals surface area (Å²) in [6.07, 6.45) is 0.925. The number of hydrogen-bond donors (Lipinski definition) is 1. The molecule has 0 aromatic heterocycles. The molecule has 1 atom stereocenters. The summed E-state index contributed by atoms with van der Waals surface area (Å²) in [5, 5.41) is 8.82. The van der Waals surface area contributed by atoms with Gasteiger partial charge in [0.25, 0.3) is 0 Å². The van der Waals surface area contributed by atoms with Crippen molar-refractivity contribution >= 4 is 0 Å². The predicted octanol–water partition coefficient (Wildman–Crippen LogP) is 1.72. The van der Waals surface area contributed by atoms with Crippen LogP contribution in [-0.2, 0) is 11.8 Å². The van der Waals surface area contributed by atoms with Gasteiger partial charge >= 0.3 is 0 Å². The van der Waals surface area contributed by atoms with E-state index in [1.807, 2.05) is 18.2 Å². The molecule has 0 spiro atoms. The third-order valence-electron chi connectivity index (χ3n) is 3.30. The minimum Gasteiger partial charge on any atom is -0.327 e. The molecule has 0 radical (unpaired) electrons. The molecule has 1 aliphatic rings. The quantitative estimate of drug-likeness (QED) is 0.670. The van der Waals surface area contributed by atoms with Crippen molar-refractivity contribution in [1.82, 2.24) is 0 Å². The van der Waals surface area contributed by atoms with E-state index in [0.29, 0.717) is 0 Å². The summed E-state index contributed by atoms with van der Waals surface area (Å²) in [6, 6.07) is 8.21. The van der Waals surface area contributed by atoms with Crippen LogP contribution in [0, 0.1) is 11.3 Å². The van der Waals surface area contributed by atoms with Crippen molar-refractivity contribution < 1.29 is 0 Å². The molecule has 1 aromatic carbocycles. The van der Waals surface area contributed by atoms with Gasteiger partial charge in [-0.2, -0.15) is 5.26 Å². The van der Waals surface area contributed by atoms with Crippen molar-refractivity contribution in [3.05, 3.63) is 34.9 Å². The zero-order valence-corrected chi connectivity index (χ0v) is 8.54. The largest absolute Gasteiger partial charge is 0.327 e. The monoisotopic (exact) mass is 186 g/mol. The van der Waals surface area contributed by atoms with Gasteiger partial charge in [-0.05, 0) is 29.7 Å². The first kappa shape index (κ1) is 9.23. The molecular weight excluding hydrogens is 172 g/mol. The van der Waals surface area contributed by atoms with Gasteiger partial charge in [-0.15, -0.1) is 0 Å². The second kappa shape index (κ2) is 2.83. The van der Waals surface area contributed by atoms with Gasteiger partial charge in [0, 0.05) is 11.5 Å². The van der Waals surface area contributed by atoms with E-state index in [2.05, 4.69) is 19.9 Å². The molecule has 2 N–H and O–H groups in total. The second-order valence-electron chi connectivity index (χ2n) is 4.52. The molecule has 2 rings (SSSR count). The van der Waals surface area contributed by atoms with Crippen molar-refractivity contribution in [3.63, 3.8) is 0 Å². The Labute approximate surface area is 84.3 Å². The molecule has 0 heterocycles. The maximum atomic E-state index is 8.82. The van der Waals surface area contributed by atoms with Crippen LogP contribution in [0.15, 0.2) is 18.2 Å². The SMILES string of the molecule is CC1(C)c2cc(C#N)ccc2CC1N. The number of nitriles is 1. The number of hydrogen-bond acceptors (Lipinski definition) is 2. The number of rotatable bonds is 0. The first-order valence-corrected chi connectivity index (χ1v) is 4.85. The highest BCUT2D eigenvalue weighted by molar-refractivity contribution is 5.46. The van der Waals surface area contributed by atoms with Crippen molar-refractivity contribution in [2.45, 2.75) is 31.7 Å². The lowest BCUT2D eigenvalue weighted by molar-refractivity contribution is 0.445. The van der Waals surface area contributed by atoms with Gasteiger partial charge < -0.3 is 5.73 Å².